The maximum absolute atomic E-state index is 12.5. The molecule has 0 radical (unpaired) electrons. The summed E-state index contributed by atoms with van der Waals surface area (Å²) in [6.07, 6.45) is 0. The summed E-state index contributed by atoms with van der Waals surface area (Å²) in [7, 11) is -3.55. The fraction of sp³-hybridized carbons (Fsp3) is 0.176. The maximum Gasteiger partial charge on any atom is 0.262 e. The SMILES string of the molecule is Cc1cc(-c2ccc(C)c(NS(=O)(=O)c3csc(C)c3)c2)cs1. The number of aryl methyl sites for hydroxylation is 3. The minimum absolute atomic E-state index is 0.316. The fourth-order valence-corrected chi connectivity index (χ4v) is 5.23. The summed E-state index contributed by atoms with van der Waals surface area (Å²) in [4.78, 5) is 2.53. The Morgan fingerprint density at radius 3 is 2.17 bits per heavy atom. The third-order valence-electron chi connectivity index (χ3n) is 3.56. The molecule has 1 N–H and O–H groups in total. The summed E-state index contributed by atoms with van der Waals surface area (Å²) >= 11 is 3.12. The van der Waals surface area contributed by atoms with Crippen LogP contribution in [0, 0.1) is 20.8 Å². The predicted molar refractivity (Wildman–Crippen MR) is 99.1 cm³/mol. The van der Waals surface area contributed by atoms with E-state index in [1.54, 1.807) is 22.8 Å². The van der Waals surface area contributed by atoms with E-state index < -0.39 is 10.0 Å². The number of nitrogens with one attached hydrogen (secondary N) is 1. The first kappa shape index (κ1) is 16.2. The van der Waals surface area contributed by atoms with E-state index in [2.05, 4.69) is 23.1 Å². The highest BCUT2D eigenvalue weighted by Gasteiger charge is 2.17. The van der Waals surface area contributed by atoms with Crippen LogP contribution in [-0.4, -0.2) is 8.42 Å². The van der Waals surface area contributed by atoms with Crippen molar-refractivity contribution in [3.8, 4) is 11.1 Å². The number of benzene rings is 1. The predicted octanol–water partition coefficient (Wildman–Crippen LogP) is 5.20. The van der Waals surface area contributed by atoms with Crippen LogP contribution in [0.2, 0.25) is 0 Å². The Balaban J connectivity index is 1.96. The summed E-state index contributed by atoms with van der Waals surface area (Å²) in [6.45, 7) is 5.86. The van der Waals surface area contributed by atoms with Gasteiger partial charge in [-0.2, -0.15) is 0 Å². The molecule has 0 saturated heterocycles. The fourth-order valence-electron chi connectivity index (χ4n) is 2.27. The summed E-state index contributed by atoms with van der Waals surface area (Å²) < 4.78 is 27.7. The van der Waals surface area contributed by atoms with Gasteiger partial charge in [-0.15, -0.1) is 22.7 Å². The van der Waals surface area contributed by atoms with Crippen LogP contribution in [0.15, 0.2) is 46.0 Å². The van der Waals surface area contributed by atoms with E-state index in [1.165, 1.54) is 16.2 Å². The molecule has 2 heterocycles. The largest absolute Gasteiger partial charge is 0.279 e. The molecule has 0 unspecified atom stereocenters. The first-order valence-electron chi connectivity index (χ1n) is 7.09. The van der Waals surface area contributed by atoms with Crippen LogP contribution in [0.3, 0.4) is 0 Å². The topological polar surface area (TPSA) is 46.2 Å². The smallest absolute Gasteiger partial charge is 0.262 e. The van der Waals surface area contributed by atoms with Crippen LogP contribution in [0.1, 0.15) is 15.3 Å². The van der Waals surface area contributed by atoms with Crippen molar-refractivity contribution in [1.82, 2.24) is 0 Å². The normalized spacial score (nSPS) is 11.6. The quantitative estimate of drug-likeness (QED) is 0.692. The van der Waals surface area contributed by atoms with Crippen molar-refractivity contribution in [1.29, 1.82) is 0 Å². The van der Waals surface area contributed by atoms with Gasteiger partial charge in [-0.25, -0.2) is 8.42 Å². The third kappa shape index (κ3) is 3.49. The summed E-state index contributed by atoms with van der Waals surface area (Å²) in [5.74, 6) is 0. The molecule has 0 fully saturated rings. The Morgan fingerprint density at radius 2 is 1.57 bits per heavy atom. The van der Waals surface area contributed by atoms with Crippen molar-refractivity contribution in [2.75, 3.05) is 4.72 Å². The van der Waals surface area contributed by atoms with E-state index in [1.807, 2.05) is 32.0 Å². The summed E-state index contributed by atoms with van der Waals surface area (Å²) in [6, 6.07) is 9.65. The molecule has 2 aromatic heterocycles. The summed E-state index contributed by atoms with van der Waals surface area (Å²) in [5.41, 5.74) is 3.64. The number of anilines is 1. The zero-order chi connectivity index (χ0) is 16.6. The lowest BCUT2D eigenvalue weighted by atomic mass is 10.1. The van der Waals surface area contributed by atoms with Gasteiger partial charge in [-0.05, 0) is 61.0 Å². The first-order chi connectivity index (χ1) is 10.8. The number of rotatable bonds is 4. The van der Waals surface area contributed by atoms with E-state index in [0.717, 1.165) is 21.6 Å². The highest BCUT2D eigenvalue weighted by molar-refractivity contribution is 7.92. The molecule has 120 valence electrons. The Bertz CT molecular complexity index is 952. The highest BCUT2D eigenvalue weighted by Crippen LogP contribution is 2.30. The van der Waals surface area contributed by atoms with Crippen LogP contribution in [0.5, 0.6) is 0 Å². The standard InChI is InChI=1S/C17H17NO2S3/c1-11-4-5-14(15-6-12(2)21-9-15)8-17(11)18-23(19,20)16-7-13(3)22-10-16/h4-10,18H,1-3H3. The Morgan fingerprint density at radius 1 is 0.870 bits per heavy atom. The molecule has 0 aliphatic rings. The van der Waals surface area contributed by atoms with Crippen molar-refractivity contribution >= 4 is 38.4 Å². The molecule has 0 aliphatic heterocycles. The van der Waals surface area contributed by atoms with E-state index >= 15 is 0 Å². The third-order valence-corrected chi connectivity index (χ3v) is 6.78. The minimum Gasteiger partial charge on any atom is -0.279 e. The molecule has 1 aromatic carbocycles. The molecule has 0 spiro atoms. The molecule has 3 rings (SSSR count). The molecule has 6 heteroatoms. The molecule has 0 bridgehead atoms. The van der Waals surface area contributed by atoms with Gasteiger partial charge in [0.15, 0.2) is 0 Å². The van der Waals surface area contributed by atoms with Crippen molar-refractivity contribution < 1.29 is 8.42 Å². The zero-order valence-electron chi connectivity index (χ0n) is 13.1. The molecular formula is C17H17NO2S3. The average molecular weight is 364 g/mol. The summed E-state index contributed by atoms with van der Waals surface area (Å²) in [5, 5.41) is 3.75. The van der Waals surface area contributed by atoms with Gasteiger partial charge in [0.2, 0.25) is 0 Å². The van der Waals surface area contributed by atoms with Crippen LogP contribution in [-0.2, 0) is 10.0 Å². The maximum atomic E-state index is 12.5. The van der Waals surface area contributed by atoms with Gasteiger partial charge < -0.3 is 0 Å². The van der Waals surface area contributed by atoms with E-state index in [0.29, 0.717) is 10.6 Å². The number of sulfonamides is 1. The minimum atomic E-state index is -3.55. The monoisotopic (exact) mass is 363 g/mol. The van der Waals surface area contributed by atoms with Gasteiger partial charge in [-0.1, -0.05) is 12.1 Å². The average Bonchev–Trinajstić information content (AvgIpc) is 3.10. The van der Waals surface area contributed by atoms with Gasteiger partial charge >= 0.3 is 0 Å². The molecule has 23 heavy (non-hydrogen) atoms. The van der Waals surface area contributed by atoms with Gasteiger partial charge in [0.1, 0.15) is 0 Å². The second kappa shape index (κ2) is 6.11. The number of thiophene rings is 2. The number of hydrogen-bond donors (Lipinski definition) is 1. The van der Waals surface area contributed by atoms with Crippen LogP contribution < -0.4 is 4.72 Å². The lowest BCUT2D eigenvalue weighted by Gasteiger charge is -2.11. The first-order valence-corrected chi connectivity index (χ1v) is 10.3. The van der Waals surface area contributed by atoms with Crippen molar-refractivity contribution in [3.63, 3.8) is 0 Å². The lowest BCUT2D eigenvalue weighted by molar-refractivity contribution is 0.601. The van der Waals surface area contributed by atoms with E-state index in [-0.39, 0.29) is 0 Å². The van der Waals surface area contributed by atoms with Gasteiger partial charge in [0.25, 0.3) is 10.0 Å². The molecule has 0 atom stereocenters. The molecule has 3 aromatic rings. The van der Waals surface area contributed by atoms with Crippen molar-refractivity contribution in [3.05, 3.63) is 56.4 Å². The number of hydrogen-bond acceptors (Lipinski definition) is 4. The van der Waals surface area contributed by atoms with Gasteiger partial charge in [-0.3, -0.25) is 4.72 Å². The van der Waals surface area contributed by atoms with Crippen LogP contribution in [0.4, 0.5) is 5.69 Å². The second-order valence-corrected chi connectivity index (χ2v) is 9.39. The van der Waals surface area contributed by atoms with Crippen LogP contribution >= 0.6 is 22.7 Å². The Labute approximate surface area is 144 Å². The van der Waals surface area contributed by atoms with Crippen molar-refractivity contribution in [2.24, 2.45) is 0 Å². The molecule has 3 nitrogen and oxygen atoms in total. The van der Waals surface area contributed by atoms with Crippen molar-refractivity contribution in [2.45, 2.75) is 25.7 Å². The molecular weight excluding hydrogens is 346 g/mol. The van der Waals surface area contributed by atoms with Gasteiger partial charge in [0.05, 0.1) is 10.6 Å². The molecule has 0 amide bonds. The molecule has 0 aliphatic carbocycles. The lowest BCUT2D eigenvalue weighted by Crippen LogP contribution is -2.13. The van der Waals surface area contributed by atoms with E-state index in [9.17, 15) is 8.42 Å². The Hall–Kier alpha value is -1.63. The second-order valence-electron chi connectivity index (χ2n) is 5.47. The Kier molecular flexibility index (Phi) is 4.31. The van der Waals surface area contributed by atoms with E-state index in [4.69, 9.17) is 0 Å². The van der Waals surface area contributed by atoms with Crippen LogP contribution in [0.25, 0.3) is 11.1 Å². The zero-order valence-corrected chi connectivity index (χ0v) is 15.5. The molecule has 0 saturated carbocycles. The highest BCUT2D eigenvalue weighted by atomic mass is 32.2. The van der Waals surface area contributed by atoms with Gasteiger partial charge in [0, 0.05) is 15.1 Å².